The van der Waals surface area contributed by atoms with Crippen LogP contribution in [0.5, 0.6) is 11.5 Å². The van der Waals surface area contributed by atoms with E-state index in [1.54, 1.807) is 18.2 Å². The summed E-state index contributed by atoms with van der Waals surface area (Å²) in [6.45, 7) is 6.17. The van der Waals surface area contributed by atoms with Crippen molar-refractivity contribution in [3.63, 3.8) is 0 Å². The third-order valence-corrected chi connectivity index (χ3v) is 7.16. The lowest BCUT2D eigenvalue weighted by Gasteiger charge is -2.20. The average Bonchev–Trinajstić information content (AvgIpc) is 2.89. The maximum absolute atomic E-state index is 12.8. The highest BCUT2D eigenvalue weighted by atomic mass is 79.9. The van der Waals surface area contributed by atoms with Crippen molar-refractivity contribution >= 4 is 68.8 Å². The number of halogens is 4. The lowest BCUT2D eigenvalue weighted by atomic mass is 10.0. The molecule has 3 aromatic carbocycles. The van der Waals surface area contributed by atoms with Crippen molar-refractivity contribution in [3.8, 4) is 11.5 Å². The Kier molecular flexibility index (Phi) is 11.5. The van der Waals surface area contributed by atoms with Gasteiger partial charge in [-0.15, -0.1) is 0 Å². The molecule has 0 saturated carbocycles. The van der Waals surface area contributed by atoms with E-state index in [2.05, 4.69) is 31.8 Å². The van der Waals surface area contributed by atoms with Crippen LogP contribution in [0.2, 0.25) is 15.1 Å². The van der Waals surface area contributed by atoms with E-state index in [4.69, 9.17) is 44.3 Å². The largest absolute Gasteiger partial charge is 0.490 e. The number of benzene rings is 3. The summed E-state index contributed by atoms with van der Waals surface area (Å²) in [6.07, 6.45) is 1.47. The van der Waals surface area contributed by atoms with Gasteiger partial charge in [-0.05, 0) is 70.7 Å². The second-order valence-electron chi connectivity index (χ2n) is 8.70. The highest BCUT2D eigenvalue weighted by Gasteiger charge is 2.25. The van der Waals surface area contributed by atoms with E-state index in [-0.39, 0.29) is 23.1 Å². The monoisotopic (exact) mass is 653 g/mol. The van der Waals surface area contributed by atoms with E-state index in [9.17, 15) is 9.59 Å². The van der Waals surface area contributed by atoms with E-state index >= 15 is 0 Å². The number of carbonyl (C=O) groups is 2. The highest BCUT2D eigenvalue weighted by molar-refractivity contribution is 9.10. The summed E-state index contributed by atoms with van der Waals surface area (Å²) in [6, 6.07) is 14.6. The van der Waals surface area contributed by atoms with Crippen molar-refractivity contribution in [1.29, 1.82) is 0 Å². The molecule has 11 heteroatoms. The van der Waals surface area contributed by atoms with Crippen LogP contribution in [-0.2, 0) is 11.4 Å². The topological polar surface area (TPSA) is 89.0 Å². The van der Waals surface area contributed by atoms with Gasteiger partial charge >= 0.3 is 0 Å². The van der Waals surface area contributed by atoms with E-state index in [0.717, 1.165) is 5.56 Å². The molecule has 0 aliphatic rings. The number of ether oxygens (including phenoxy) is 2. The first-order chi connectivity index (χ1) is 18.6. The van der Waals surface area contributed by atoms with Crippen LogP contribution in [0.1, 0.15) is 42.3 Å². The third kappa shape index (κ3) is 8.60. The Balaban J connectivity index is 1.69. The number of rotatable bonds is 11. The molecule has 1 unspecified atom stereocenters. The SMILES string of the molecule is CCOc1cc(/C=N/NC(=O)C(NC(=O)c2ccc(Cl)c(Cl)c2)C(C)C)cc(Br)c1OCc1ccccc1Cl. The van der Waals surface area contributed by atoms with Gasteiger partial charge in [-0.3, -0.25) is 9.59 Å². The molecule has 0 aromatic heterocycles. The summed E-state index contributed by atoms with van der Waals surface area (Å²) >= 11 is 21.7. The summed E-state index contributed by atoms with van der Waals surface area (Å²) < 4.78 is 12.4. The van der Waals surface area contributed by atoms with Gasteiger partial charge < -0.3 is 14.8 Å². The van der Waals surface area contributed by atoms with E-state index < -0.39 is 17.9 Å². The smallest absolute Gasteiger partial charge is 0.262 e. The molecule has 3 aromatic rings. The highest BCUT2D eigenvalue weighted by Crippen LogP contribution is 2.37. The van der Waals surface area contributed by atoms with Gasteiger partial charge in [0.05, 0.1) is 27.3 Å². The maximum Gasteiger partial charge on any atom is 0.262 e. The molecule has 1 atom stereocenters. The molecule has 0 saturated heterocycles. The standard InChI is InChI=1S/C28H27BrCl3N3O4/c1-4-38-24-12-17(11-20(29)26(24)39-15-19-7-5-6-8-21(19)30)14-33-35-28(37)25(16(2)3)34-27(36)18-9-10-22(31)23(32)13-18/h5-14,16,25H,4,15H2,1-3H3,(H,34,36)(H,35,37)/b33-14+. The predicted molar refractivity (Wildman–Crippen MR) is 159 cm³/mol. The number of hydrogen-bond donors (Lipinski definition) is 2. The summed E-state index contributed by atoms with van der Waals surface area (Å²) in [5.74, 6) is -0.119. The molecule has 206 valence electrons. The fraction of sp³-hybridized carbons (Fsp3) is 0.250. The normalized spacial score (nSPS) is 11.9. The van der Waals surface area contributed by atoms with Crippen LogP contribution < -0.4 is 20.2 Å². The molecule has 7 nitrogen and oxygen atoms in total. The minimum Gasteiger partial charge on any atom is -0.490 e. The zero-order valence-corrected chi connectivity index (χ0v) is 25.3. The number of amides is 2. The molecular weight excluding hydrogens is 629 g/mol. The van der Waals surface area contributed by atoms with Gasteiger partial charge in [-0.25, -0.2) is 5.43 Å². The van der Waals surface area contributed by atoms with Gasteiger partial charge in [0.2, 0.25) is 0 Å². The Hall–Kier alpha value is -2.78. The van der Waals surface area contributed by atoms with Crippen molar-refractivity contribution in [3.05, 3.63) is 90.8 Å². The Labute approximate surface area is 250 Å². The van der Waals surface area contributed by atoms with Crippen LogP contribution in [0.4, 0.5) is 0 Å². The van der Waals surface area contributed by atoms with Crippen molar-refractivity contribution in [2.45, 2.75) is 33.4 Å². The second-order valence-corrected chi connectivity index (χ2v) is 10.8. The Bertz CT molecular complexity index is 1370. The van der Waals surface area contributed by atoms with Gasteiger partial charge in [0.1, 0.15) is 12.6 Å². The molecule has 0 radical (unpaired) electrons. The average molecular weight is 656 g/mol. The summed E-state index contributed by atoms with van der Waals surface area (Å²) in [7, 11) is 0. The first-order valence-electron chi connectivity index (χ1n) is 12.0. The zero-order valence-electron chi connectivity index (χ0n) is 21.4. The first-order valence-corrected chi connectivity index (χ1v) is 13.9. The van der Waals surface area contributed by atoms with Gasteiger partial charge in [-0.2, -0.15) is 5.10 Å². The van der Waals surface area contributed by atoms with Gasteiger partial charge in [0.25, 0.3) is 11.8 Å². The molecule has 0 bridgehead atoms. The van der Waals surface area contributed by atoms with Crippen LogP contribution in [0.3, 0.4) is 0 Å². The summed E-state index contributed by atoms with van der Waals surface area (Å²) in [5.41, 5.74) is 4.27. The molecule has 3 rings (SSSR count). The molecule has 0 spiro atoms. The van der Waals surface area contributed by atoms with Crippen molar-refractivity contribution < 1.29 is 19.1 Å². The summed E-state index contributed by atoms with van der Waals surface area (Å²) in [5, 5.41) is 7.99. The minimum atomic E-state index is -0.838. The maximum atomic E-state index is 12.8. The molecule has 0 heterocycles. The first kappa shape index (κ1) is 30.8. The molecule has 0 aliphatic carbocycles. The molecule has 2 amide bonds. The van der Waals surface area contributed by atoms with Crippen LogP contribution in [0.15, 0.2) is 64.2 Å². The van der Waals surface area contributed by atoms with E-state index in [1.807, 2.05) is 39.0 Å². The fourth-order valence-corrected chi connectivity index (χ4v) is 4.53. The Morgan fingerprint density at radius 1 is 1.00 bits per heavy atom. The van der Waals surface area contributed by atoms with Gasteiger partial charge in [-0.1, -0.05) is 66.8 Å². The number of nitrogens with one attached hydrogen (secondary N) is 2. The quantitative estimate of drug-likeness (QED) is 0.168. The minimum absolute atomic E-state index is 0.208. The molecule has 0 fully saturated rings. The Morgan fingerprint density at radius 2 is 1.74 bits per heavy atom. The lowest BCUT2D eigenvalue weighted by molar-refractivity contribution is -0.123. The number of hydrazone groups is 1. The van der Waals surface area contributed by atoms with Crippen molar-refractivity contribution in [1.82, 2.24) is 10.7 Å². The molecule has 0 aliphatic heterocycles. The number of nitrogens with zero attached hydrogens (tertiary/aromatic N) is 1. The van der Waals surface area contributed by atoms with Crippen LogP contribution in [0, 0.1) is 5.92 Å². The van der Waals surface area contributed by atoms with E-state index in [0.29, 0.717) is 38.2 Å². The zero-order chi connectivity index (χ0) is 28.5. The van der Waals surface area contributed by atoms with Gasteiger partial charge in [0.15, 0.2) is 11.5 Å². The number of hydrogen-bond acceptors (Lipinski definition) is 5. The fourth-order valence-electron chi connectivity index (χ4n) is 3.47. The third-order valence-electron chi connectivity index (χ3n) is 5.47. The lowest BCUT2D eigenvalue weighted by Crippen LogP contribution is -2.48. The Morgan fingerprint density at radius 3 is 2.41 bits per heavy atom. The van der Waals surface area contributed by atoms with Gasteiger partial charge in [0, 0.05) is 16.1 Å². The van der Waals surface area contributed by atoms with Crippen molar-refractivity contribution in [2.24, 2.45) is 11.0 Å². The predicted octanol–water partition coefficient (Wildman–Crippen LogP) is 7.29. The molecular formula is C28H27BrCl3N3O4. The molecule has 39 heavy (non-hydrogen) atoms. The van der Waals surface area contributed by atoms with E-state index in [1.165, 1.54) is 24.4 Å². The second kappa shape index (κ2) is 14.6. The van der Waals surface area contributed by atoms with Crippen LogP contribution in [-0.4, -0.2) is 30.7 Å². The molecule has 2 N–H and O–H groups in total. The van der Waals surface area contributed by atoms with Crippen LogP contribution >= 0.6 is 50.7 Å². The number of carbonyl (C=O) groups excluding carboxylic acids is 2. The van der Waals surface area contributed by atoms with Crippen LogP contribution in [0.25, 0.3) is 0 Å². The summed E-state index contributed by atoms with van der Waals surface area (Å²) in [4.78, 5) is 25.5. The van der Waals surface area contributed by atoms with Crippen molar-refractivity contribution in [2.75, 3.05) is 6.61 Å².